The van der Waals surface area contributed by atoms with Crippen LogP contribution in [-0.4, -0.2) is 35.1 Å². The Bertz CT molecular complexity index is 943. The number of carbonyl (C=O) groups excluding carboxylic acids is 3. The number of thioether (sulfide) groups is 1. The van der Waals surface area contributed by atoms with E-state index in [2.05, 4.69) is 5.32 Å². The van der Waals surface area contributed by atoms with Gasteiger partial charge in [0.25, 0.3) is 11.1 Å². The van der Waals surface area contributed by atoms with E-state index in [0.29, 0.717) is 23.6 Å². The highest BCUT2D eigenvalue weighted by Gasteiger charge is 2.36. The van der Waals surface area contributed by atoms with Crippen molar-refractivity contribution in [2.45, 2.75) is 6.92 Å². The number of benzene rings is 2. The van der Waals surface area contributed by atoms with Gasteiger partial charge in [-0.05, 0) is 55.1 Å². The van der Waals surface area contributed by atoms with Gasteiger partial charge in [-0.25, -0.2) is 4.39 Å². The number of nitrogens with zero attached hydrogens (tertiary/aromatic N) is 1. The topological polar surface area (TPSA) is 75.7 Å². The summed E-state index contributed by atoms with van der Waals surface area (Å²) >= 11 is 0.767. The fraction of sp³-hybridized carbons (Fsp3) is 0.150. The molecule has 8 heteroatoms. The zero-order valence-corrected chi connectivity index (χ0v) is 15.8. The van der Waals surface area contributed by atoms with E-state index in [-0.39, 0.29) is 4.91 Å². The van der Waals surface area contributed by atoms with Crippen molar-refractivity contribution in [3.63, 3.8) is 0 Å². The molecule has 0 bridgehead atoms. The number of carbonyl (C=O) groups is 3. The Hall–Kier alpha value is -3.13. The lowest BCUT2D eigenvalue weighted by molar-refractivity contribution is -0.127. The maximum atomic E-state index is 12.9. The minimum absolute atomic E-state index is 0.215. The summed E-state index contributed by atoms with van der Waals surface area (Å²) in [5, 5.41) is 2.00. The lowest BCUT2D eigenvalue weighted by Gasteiger charge is -2.12. The zero-order chi connectivity index (χ0) is 20.1. The first kappa shape index (κ1) is 19.6. The average Bonchev–Trinajstić information content (AvgIpc) is 2.93. The van der Waals surface area contributed by atoms with Crippen LogP contribution in [0.2, 0.25) is 0 Å². The number of halogens is 1. The quantitative estimate of drug-likeness (QED) is 0.745. The molecule has 1 heterocycles. The molecule has 3 amide bonds. The van der Waals surface area contributed by atoms with Crippen molar-refractivity contribution in [2.24, 2.45) is 0 Å². The smallest absolute Gasteiger partial charge is 0.294 e. The Balaban J connectivity index is 1.71. The summed E-state index contributed by atoms with van der Waals surface area (Å²) < 4.78 is 18.4. The lowest BCUT2D eigenvalue weighted by atomic mass is 10.2. The molecule has 0 spiro atoms. The van der Waals surface area contributed by atoms with E-state index in [0.717, 1.165) is 16.7 Å². The van der Waals surface area contributed by atoms with Gasteiger partial charge >= 0.3 is 0 Å². The monoisotopic (exact) mass is 400 g/mol. The predicted octanol–water partition coefficient (Wildman–Crippen LogP) is 3.90. The molecule has 0 saturated carbocycles. The maximum Gasteiger partial charge on any atom is 0.294 e. The summed E-state index contributed by atoms with van der Waals surface area (Å²) in [6.45, 7) is 1.90. The van der Waals surface area contributed by atoms with E-state index in [4.69, 9.17) is 4.74 Å². The van der Waals surface area contributed by atoms with Crippen LogP contribution in [0.25, 0.3) is 6.08 Å². The summed E-state index contributed by atoms with van der Waals surface area (Å²) in [5.41, 5.74) is 1.05. The molecule has 1 aliphatic rings. The lowest BCUT2D eigenvalue weighted by Crippen LogP contribution is -2.36. The van der Waals surface area contributed by atoms with E-state index in [1.54, 1.807) is 24.3 Å². The van der Waals surface area contributed by atoms with Crippen molar-refractivity contribution >= 4 is 40.6 Å². The van der Waals surface area contributed by atoms with E-state index < -0.39 is 29.4 Å². The minimum Gasteiger partial charge on any atom is -0.493 e. The Kier molecular flexibility index (Phi) is 6.10. The van der Waals surface area contributed by atoms with Gasteiger partial charge in [0.2, 0.25) is 5.91 Å². The molecule has 1 N–H and O–H groups in total. The van der Waals surface area contributed by atoms with Crippen LogP contribution >= 0.6 is 11.8 Å². The van der Waals surface area contributed by atoms with Gasteiger partial charge in [-0.3, -0.25) is 19.3 Å². The molecule has 144 valence electrons. The van der Waals surface area contributed by atoms with Crippen LogP contribution < -0.4 is 10.1 Å². The number of ether oxygens (including phenoxy) is 1. The minimum atomic E-state index is -0.551. The first-order valence-corrected chi connectivity index (χ1v) is 9.32. The molecule has 0 atom stereocenters. The fourth-order valence-electron chi connectivity index (χ4n) is 2.54. The molecule has 1 saturated heterocycles. The summed E-state index contributed by atoms with van der Waals surface area (Å²) in [4.78, 5) is 38.0. The normalized spacial score (nSPS) is 15.2. The van der Waals surface area contributed by atoms with Crippen molar-refractivity contribution in [1.29, 1.82) is 0 Å². The largest absolute Gasteiger partial charge is 0.493 e. The van der Waals surface area contributed by atoms with E-state index >= 15 is 0 Å². The number of anilines is 1. The van der Waals surface area contributed by atoms with Crippen molar-refractivity contribution in [1.82, 2.24) is 4.90 Å². The summed E-state index contributed by atoms with van der Waals surface area (Å²) in [5.74, 6) is -0.923. The third-order valence-corrected chi connectivity index (χ3v) is 4.72. The van der Waals surface area contributed by atoms with Gasteiger partial charge in [-0.1, -0.05) is 18.2 Å². The molecule has 2 aromatic rings. The van der Waals surface area contributed by atoms with Gasteiger partial charge < -0.3 is 10.1 Å². The number of imide groups is 1. The predicted molar refractivity (Wildman–Crippen MR) is 105 cm³/mol. The molecule has 0 aromatic heterocycles. The molecule has 0 unspecified atom stereocenters. The average molecular weight is 400 g/mol. The van der Waals surface area contributed by atoms with Crippen LogP contribution in [0.1, 0.15) is 12.5 Å². The second-order valence-electron chi connectivity index (χ2n) is 5.79. The molecular formula is C20H17FN2O4S. The first-order chi connectivity index (χ1) is 13.5. The van der Waals surface area contributed by atoms with E-state index in [1.807, 2.05) is 13.0 Å². The SMILES string of the molecule is CCOc1ccccc1/C=C1\SC(=O)N(CC(=O)Nc2ccc(F)cc2)C1=O. The molecule has 1 aliphatic heterocycles. The summed E-state index contributed by atoms with van der Waals surface area (Å²) in [6, 6.07) is 12.4. The van der Waals surface area contributed by atoms with Gasteiger partial charge in [0.15, 0.2) is 0 Å². The number of hydrogen-bond acceptors (Lipinski definition) is 5. The Morgan fingerprint density at radius 2 is 1.89 bits per heavy atom. The molecule has 3 rings (SSSR count). The van der Waals surface area contributed by atoms with Crippen LogP contribution in [0, 0.1) is 5.82 Å². The molecule has 6 nitrogen and oxygen atoms in total. The molecular weight excluding hydrogens is 383 g/mol. The second kappa shape index (κ2) is 8.71. The van der Waals surface area contributed by atoms with Crippen molar-refractivity contribution in [3.05, 3.63) is 64.8 Å². The molecule has 2 aromatic carbocycles. The van der Waals surface area contributed by atoms with Crippen molar-refractivity contribution < 1.29 is 23.5 Å². The Labute approximate surface area is 165 Å². The summed E-state index contributed by atoms with van der Waals surface area (Å²) in [6.07, 6.45) is 1.58. The number of amides is 3. The number of nitrogens with one attached hydrogen (secondary N) is 1. The van der Waals surface area contributed by atoms with Crippen LogP contribution in [0.4, 0.5) is 14.9 Å². The van der Waals surface area contributed by atoms with Gasteiger partial charge in [-0.2, -0.15) is 0 Å². The van der Waals surface area contributed by atoms with Crippen LogP contribution in [0.5, 0.6) is 5.75 Å². The molecule has 28 heavy (non-hydrogen) atoms. The van der Waals surface area contributed by atoms with Gasteiger partial charge in [-0.15, -0.1) is 0 Å². The highest BCUT2D eigenvalue weighted by atomic mass is 32.2. The van der Waals surface area contributed by atoms with Crippen LogP contribution in [0.3, 0.4) is 0 Å². The standard InChI is InChI=1S/C20H17FN2O4S/c1-2-27-16-6-4-3-5-13(16)11-17-19(25)23(20(26)28-17)12-18(24)22-15-9-7-14(21)8-10-15/h3-11H,2,12H2,1H3,(H,22,24)/b17-11-. The third kappa shape index (κ3) is 4.58. The van der Waals surface area contributed by atoms with Gasteiger partial charge in [0.05, 0.1) is 11.5 Å². The second-order valence-corrected chi connectivity index (χ2v) is 6.79. The number of rotatable bonds is 6. The highest BCUT2D eigenvalue weighted by molar-refractivity contribution is 8.18. The van der Waals surface area contributed by atoms with Crippen LogP contribution in [0.15, 0.2) is 53.4 Å². The zero-order valence-electron chi connectivity index (χ0n) is 15.0. The molecule has 0 aliphatic carbocycles. The van der Waals surface area contributed by atoms with Crippen LogP contribution in [-0.2, 0) is 9.59 Å². The highest BCUT2D eigenvalue weighted by Crippen LogP contribution is 2.33. The molecule has 0 radical (unpaired) electrons. The van der Waals surface area contributed by atoms with Gasteiger partial charge in [0.1, 0.15) is 18.1 Å². The fourth-order valence-corrected chi connectivity index (χ4v) is 3.37. The first-order valence-electron chi connectivity index (χ1n) is 8.50. The van der Waals surface area contributed by atoms with Crippen molar-refractivity contribution in [2.75, 3.05) is 18.5 Å². The molecule has 1 fully saturated rings. The van der Waals surface area contributed by atoms with E-state index in [9.17, 15) is 18.8 Å². The van der Waals surface area contributed by atoms with Crippen molar-refractivity contribution in [3.8, 4) is 5.75 Å². The maximum absolute atomic E-state index is 12.9. The Morgan fingerprint density at radius 3 is 2.61 bits per heavy atom. The van der Waals surface area contributed by atoms with Gasteiger partial charge in [0, 0.05) is 11.3 Å². The summed E-state index contributed by atoms with van der Waals surface area (Å²) in [7, 11) is 0. The van der Waals surface area contributed by atoms with E-state index in [1.165, 1.54) is 24.3 Å². The number of para-hydroxylation sites is 1. The number of hydrogen-bond donors (Lipinski definition) is 1. The Morgan fingerprint density at radius 1 is 1.18 bits per heavy atom. The third-order valence-electron chi connectivity index (χ3n) is 3.81.